The standard InChI is InChI=1S/C10H19N3O2/c1-3-12-8(14)6-13-9(15)10(2)4-5-11-7-10/h11H,3-7H2,1-2H3,(H,12,14)(H,13,15). The van der Waals surface area contributed by atoms with Crippen LogP contribution in [0.1, 0.15) is 20.3 Å². The Kier molecular flexibility index (Phi) is 4.08. The molecule has 1 unspecified atom stereocenters. The topological polar surface area (TPSA) is 70.2 Å². The lowest BCUT2D eigenvalue weighted by atomic mass is 9.89. The van der Waals surface area contributed by atoms with E-state index in [1.54, 1.807) is 0 Å². The molecule has 5 heteroatoms. The predicted molar refractivity (Wildman–Crippen MR) is 57.3 cm³/mol. The molecule has 1 rings (SSSR count). The van der Waals surface area contributed by atoms with Gasteiger partial charge >= 0.3 is 0 Å². The van der Waals surface area contributed by atoms with Crippen LogP contribution in [0, 0.1) is 5.41 Å². The Morgan fingerprint density at radius 3 is 2.67 bits per heavy atom. The molecule has 15 heavy (non-hydrogen) atoms. The van der Waals surface area contributed by atoms with Gasteiger partial charge in [0.15, 0.2) is 0 Å². The largest absolute Gasteiger partial charge is 0.355 e. The van der Waals surface area contributed by atoms with Crippen LogP contribution in [0.15, 0.2) is 0 Å². The van der Waals surface area contributed by atoms with Gasteiger partial charge in [-0.05, 0) is 26.8 Å². The second-order valence-corrected chi connectivity index (χ2v) is 4.12. The molecule has 0 aliphatic carbocycles. The molecule has 5 nitrogen and oxygen atoms in total. The SMILES string of the molecule is CCNC(=O)CNC(=O)C1(C)CCNC1. The first kappa shape index (κ1) is 12.0. The number of hydrogen-bond acceptors (Lipinski definition) is 3. The normalized spacial score (nSPS) is 24.9. The Balaban J connectivity index is 2.32. The van der Waals surface area contributed by atoms with E-state index in [0.717, 1.165) is 13.0 Å². The molecule has 86 valence electrons. The summed E-state index contributed by atoms with van der Waals surface area (Å²) in [5.74, 6) is -0.181. The number of amides is 2. The molecule has 0 aromatic heterocycles. The van der Waals surface area contributed by atoms with Crippen molar-refractivity contribution < 1.29 is 9.59 Å². The average Bonchev–Trinajstić information content (AvgIpc) is 2.63. The summed E-state index contributed by atoms with van der Waals surface area (Å²) in [6.07, 6.45) is 0.828. The van der Waals surface area contributed by atoms with Gasteiger partial charge in [-0.25, -0.2) is 0 Å². The Hall–Kier alpha value is -1.10. The number of carbonyl (C=O) groups excluding carboxylic acids is 2. The molecule has 1 aliphatic heterocycles. The fourth-order valence-electron chi connectivity index (χ4n) is 1.64. The molecule has 1 heterocycles. The van der Waals surface area contributed by atoms with E-state index in [2.05, 4.69) is 16.0 Å². The minimum atomic E-state index is -0.355. The van der Waals surface area contributed by atoms with Crippen molar-refractivity contribution in [3.63, 3.8) is 0 Å². The third-order valence-corrected chi connectivity index (χ3v) is 2.70. The molecule has 1 atom stereocenters. The van der Waals surface area contributed by atoms with Gasteiger partial charge in [0.25, 0.3) is 0 Å². The molecule has 2 amide bonds. The van der Waals surface area contributed by atoms with Crippen molar-refractivity contribution in [1.82, 2.24) is 16.0 Å². The highest BCUT2D eigenvalue weighted by Gasteiger charge is 2.36. The first-order valence-electron chi connectivity index (χ1n) is 5.34. The van der Waals surface area contributed by atoms with Crippen molar-refractivity contribution in [3.8, 4) is 0 Å². The zero-order chi connectivity index (χ0) is 11.3. The Morgan fingerprint density at radius 1 is 1.40 bits per heavy atom. The van der Waals surface area contributed by atoms with Crippen molar-refractivity contribution in [1.29, 1.82) is 0 Å². The molecule has 0 radical (unpaired) electrons. The van der Waals surface area contributed by atoms with Crippen LogP contribution in [-0.4, -0.2) is 38.0 Å². The van der Waals surface area contributed by atoms with Crippen LogP contribution in [-0.2, 0) is 9.59 Å². The second-order valence-electron chi connectivity index (χ2n) is 4.12. The van der Waals surface area contributed by atoms with Gasteiger partial charge in [-0.2, -0.15) is 0 Å². The number of likely N-dealkylation sites (N-methyl/N-ethyl adjacent to an activating group) is 1. The van der Waals surface area contributed by atoms with Crippen molar-refractivity contribution in [2.75, 3.05) is 26.2 Å². The molecule has 1 saturated heterocycles. The molecular formula is C10H19N3O2. The van der Waals surface area contributed by atoms with Crippen LogP contribution in [0.5, 0.6) is 0 Å². The number of carbonyl (C=O) groups is 2. The van der Waals surface area contributed by atoms with Crippen molar-refractivity contribution in [2.24, 2.45) is 5.41 Å². The van der Waals surface area contributed by atoms with Gasteiger partial charge in [0.1, 0.15) is 0 Å². The summed E-state index contributed by atoms with van der Waals surface area (Å²) in [5.41, 5.74) is -0.355. The van der Waals surface area contributed by atoms with Gasteiger partial charge in [0.05, 0.1) is 12.0 Å². The van der Waals surface area contributed by atoms with Crippen molar-refractivity contribution in [3.05, 3.63) is 0 Å². The highest BCUT2D eigenvalue weighted by Crippen LogP contribution is 2.24. The summed E-state index contributed by atoms with van der Waals surface area (Å²) < 4.78 is 0. The van der Waals surface area contributed by atoms with E-state index in [1.807, 2.05) is 13.8 Å². The summed E-state index contributed by atoms with van der Waals surface area (Å²) >= 11 is 0. The maximum absolute atomic E-state index is 11.7. The Bertz CT molecular complexity index is 247. The monoisotopic (exact) mass is 213 g/mol. The van der Waals surface area contributed by atoms with Crippen LogP contribution < -0.4 is 16.0 Å². The highest BCUT2D eigenvalue weighted by molar-refractivity contribution is 5.88. The molecule has 0 spiro atoms. The van der Waals surface area contributed by atoms with Gasteiger partial charge in [-0.15, -0.1) is 0 Å². The van der Waals surface area contributed by atoms with E-state index in [-0.39, 0.29) is 23.8 Å². The zero-order valence-corrected chi connectivity index (χ0v) is 9.35. The number of hydrogen-bond donors (Lipinski definition) is 3. The second kappa shape index (κ2) is 5.11. The first-order valence-corrected chi connectivity index (χ1v) is 5.34. The summed E-state index contributed by atoms with van der Waals surface area (Å²) in [6, 6.07) is 0. The average molecular weight is 213 g/mol. The van der Waals surface area contributed by atoms with Crippen molar-refractivity contribution in [2.45, 2.75) is 20.3 Å². The third-order valence-electron chi connectivity index (χ3n) is 2.70. The fraction of sp³-hybridized carbons (Fsp3) is 0.800. The molecule has 1 aliphatic rings. The van der Waals surface area contributed by atoms with Gasteiger partial charge in [-0.1, -0.05) is 0 Å². The summed E-state index contributed by atoms with van der Waals surface area (Å²) in [4.78, 5) is 22.9. The lowest BCUT2D eigenvalue weighted by molar-refractivity contribution is -0.131. The molecule has 3 N–H and O–H groups in total. The van der Waals surface area contributed by atoms with E-state index < -0.39 is 0 Å². The molecule has 1 fully saturated rings. The minimum absolute atomic E-state index is 0.0428. The highest BCUT2D eigenvalue weighted by atomic mass is 16.2. The van der Waals surface area contributed by atoms with Crippen LogP contribution in [0.4, 0.5) is 0 Å². The molecule has 0 saturated carbocycles. The Morgan fingerprint density at radius 2 is 2.13 bits per heavy atom. The lowest BCUT2D eigenvalue weighted by Gasteiger charge is -2.21. The number of nitrogens with one attached hydrogen (secondary N) is 3. The summed E-state index contributed by atoms with van der Waals surface area (Å²) in [5, 5.41) is 8.44. The van der Waals surface area contributed by atoms with E-state index in [0.29, 0.717) is 13.1 Å². The maximum Gasteiger partial charge on any atom is 0.239 e. The van der Waals surface area contributed by atoms with E-state index in [9.17, 15) is 9.59 Å². The van der Waals surface area contributed by atoms with Gasteiger partial charge < -0.3 is 16.0 Å². The van der Waals surface area contributed by atoms with E-state index >= 15 is 0 Å². The fourth-order valence-corrected chi connectivity index (χ4v) is 1.64. The quantitative estimate of drug-likeness (QED) is 0.575. The first-order chi connectivity index (χ1) is 7.08. The molecule has 0 aromatic carbocycles. The Labute approximate surface area is 90.0 Å². The molecular weight excluding hydrogens is 194 g/mol. The molecule has 0 bridgehead atoms. The van der Waals surface area contributed by atoms with Gasteiger partial charge in [0, 0.05) is 13.1 Å². The lowest BCUT2D eigenvalue weighted by Crippen LogP contribution is -2.44. The van der Waals surface area contributed by atoms with Gasteiger partial charge in [-0.3, -0.25) is 9.59 Å². The van der Waals surface area contributed by atoms with Gasteiger partial charge in [0.2, 0.25) is 11.8 Å². The van der Waals surface area contributed by atoms with Crippen LogP contribution >= 0.6 is 0 Å². The predicted octanol–water partition coefficient (Wildman–Crippen LogP) is -0.762. The third kappa shape index (κ3) is 3.20. The summed E-state index contributed by atoms with van der Waals surface area (Å²) in [7, 11) is 0. The number of rotatable bonds is 4. The van der Waals surface area contributed by atoms with E-state index in [1.165, 1.54) is 0 Å². The minimum Gasteiger partial charge on any atom is -0.355 e. The van der Waals surface area contributed by atoms with Crippen LogP contribution in [0.2, 0.25) is 0 Å². The summed E-state index contributed by atoms with van der Waals surface area (Å²) in [6.45, 7) is 5.98. The maximum atomic E-state index is 11.7. The van der Waals surface area contributed by atoms with Crippen LogP contribution in [0.3, 0.4) is 0 Å². The smallest absolute Gasteiger partial charge is 0.239 e. The van der Waals surface area contributed by atoms with Crippen molar-refractivity contribution >= 4 is 11.8 Å². The molecule has 0 aromatic rings. The van der Waals surface area contributed by atoms with Crippen LogP contribution in [0.25, 0.3) is 0 Å². The zero-order valence-electron chi connectivity index (χ0n) is 9.35. The van der Waals surface area contributed by atoms with E-state index in [4.69, 9.17) is 0 Å².